The van der Waals surface area contributed by atoms with E-state index in [1.54, 1.807) is 18.2 Å². The summed E-state index contributed by atoms with van der Waals surface area (Å²) in [7, 11) is -3.55. The van der Waals surface area contributed by atoms with Crippen molar-refractivity contribution in [2.75, 3.05) is 22.7 Å². The number of hydrogen-bond donors (Lipinski definition) is 1. The molecule has 2 aromatic rings. The molecule has 0 unspecified atom stereocenters. The van der Waals surface area contributed by atoms with Crippen molar-refractivity contribution in [1.82, 2.24) is 0 Å². The van der Waals surface area contributed by atoms with Gasteiger partial charge in [0.1, 0.15) is 0 Å². The van der Waals surface area contributed by atoms with Crippen molar-refractivity contribution < 1.29 is 8.42 Å². The number of anilines is 2. The van der Waals surface area contributed by atoms with Crippen LogP contribution in [0.1, 0.15) is 25.3 Å². The van der Waals surface area contributed by atoms with E-state index in [2.05, 4.69) is 9.62 Å². The molecule has 1 saturated heterocycles. The molecule has 0 amide bonds. The van der Waals surface area contributed by atoms with Crippen LogP contribution in [0.5, 0.6) is 0 Å². The van der Waals surface area contributed by atoms with Crippen molar-refractivity contribution in [2.24, 2.45) is 0 Å². The summed E-state index contributed by atoms with van der Waals surface area (Å²) in [6.07, 6.45) is 3.28. The molecule has 4 nitrogen and oxygen atoms in total. The van der Waals surface area contributed by atoms with Gasteiger partial charge in [-0.25, -0.2) is 8.42 Å². The second-order valence-electron chi connectivity index (χ2n) is 5.85. The molecule has 0 bridgehead atoms. The van der Waals surface area contributed by atoms with Gasteiger partial charge in [0.2, 0.25) is 0 Å². The van der Waals surface area contributed by atoms with Gasteiger partial charge in [-0.3, -0.25) is 4.72 Å². The first kappa shape index (κ1) is 15.9. The fourth-order valence-electron chi connectivity index (χ4n) is 2.86. The molecule has 1 aliphatic rings. The summed E-state index contributed by atoms with van der Waals surface area (Å²) >= 11 is 0. The van der Waals surface area contributed by atoms with Crippen molar-refractivity contribution in [3.63, 3.8) is 0 Å². The Balaban J connectivity index is 1.80. The smallest absolute Gasteiger partial charge is 0.261 e. The highest BCUT2D eigenvalue weighted by atomic mass is 32.2. The number of nitrogens with one attached hydrogen (secondary N) is 1. The molecule has 1 fully saturated rings. The molecule has 3 rings (SSSR count). The Morgan fingerprint density at radius 1 is 1.04 bits per heavy atom. The van der Waals surface area contributed by atoms with E-state index in [1.807, 2.05) is 37.3 Å². The average Bonchev–Trinajstić information content (AvgIpc) is 3.09. The molecule has 0 aliphatic carbocycles. The van der Waals surface area contributed by atoms with Crippen LogP contribution >= 0.6 is 0 Å². The van der Waals surface area contributed by atoms with Crippen molar-refractivity contribution >= 4 is 21.4 Å². The van der Waals surface area contributed by atoms with Gasteiger partial charge in [-0.15, -0.1) is 0 Å². The molecule has 0 spiro atoms. The van der Waals surface area contributed by atoms with E-state index >= 15 is 0 Å². The van der Waals surface area contributed by atoms with Gasteiger partial charge < -0.3 is 4.90 Å². The van der Waals surface area contributed by atoms with Crippen molar-refractivity contribution in [3.05, 3.63) is 54.1 Å². The Morgan fingerprint density at radius 3 is 2.39 bits per heavy atom. The van der Waals surface area contributed by atoms with Crippen LogP contribution in [0.25, 0.3) is 0 Å². The zero-order valence-corrected chi connectivity index (χ0v) is 14.1. The molecule has 5 heteroatoms. The van der Waals surface area contributed by atoms with E-state index in [9.17, 15) is 8.42 Å². The Kier molecular flexibility index (Phi) is 4.57. The fraction of sp³-hybridized carbons (Fsp3) is 0.333. The predicted molar refractivity (Wildman–Crippen MR) is 94.5 cm³/mol. The quantitative estimate of drug-likeness (QED) is 0.910. The lowest BCUT2D eigenvalue weighted by Gasteiger charge is -2.18. The lowest BCUT2D eigenvalue weighted by molar-refractivity contribution is 0.601. The highest BCUT2D eigenvalue weighted by molar-refractivity contribution is 7.92. The van der Waals surface area contributed by atoms with Crippen molar-refractivity contribution in [2.45, 2.75) is 31.1 Å². The normalized spacial score (nSPS) is 14.9. The highest BCUT2D eigenvalue weighted by Crippen LogP contribution is 2.25. The van der Waals surface area contributed by atoms with Crippen molar-refractivity contribution in [3.8, 4) is 0 Å². The lowest BCUT2D eigenvalue weighted by atomic mass is 10.2. The largest absolute Gasteiger partial charge is 0.371 e. The minimum absolute atomic E-state index is 0.293. The van der Waals surface area contributed by atoms with Crippen LogP contribution in [0.15, 0.2) is 53.4 Å². The topological polar surface area (TPSA) is 49.4 Å². The van der Waals surface area contributed by atoms with Gasteiger partial charge >= 0.3 is 0 Å². The van der Waals surface area contributed by atoms with E-state index < -0.39 is 10.0 Å². The monoisotopic (exact) mass is 330 g/mol. The molecule has 0 saturated carbocycles. The van der Waals surface area contributed by atoms with E-state index in [0.717, 1.165) is 30.8 Å². The van der Waals surface area contributed by atoms with Crippen molar-refractivity contribution in [1.29, 1.82) is 0 Å². The first-order chi connectivity index (χ1) is 11.1. The number of benzene rings is 2. The maximum atomic E-state index is 12.5. The third kappa shape index (κ3) is 3.67. The van der Waals surface area contributed by atoms with Gasteiger partial charge in [-0.05, 0) is 55.2 Å². The first-order valence-electron chi connectivity index (χ1n) is 8.05. The number of hydrogen-bond acceptors (Lipinski definition) is 3. The maximum Gasteiger partial charge on any atom is 0.261 e. The SMILES string of the molecule is CCc1ccc(S(=O)(=O)Nc2cccc(N3CCCC3)c2)cc1. The molecule has 122 valence electrons. The number of rotatable bonds is 5. The second kappa shape index (κ2) is 6.62. The Bertz CT molecular complexity index is 764. The summed E-state index contributed by atoms with van der Waals surface area (Å²) in [6, 6.07) is 14.6. The van der Waals surface area contributed by atoms with E-state index in [0.29, 0.717) is 10.6 Å². The molecule has 0 radical (unpaired) electrons. The molecule has 23 heavy (non-hydrogen) atoms. The van der Waals surface area contributed by atoms with Gasteiger partial charge in [0, 0.05) is 18.8 Å². The maximum absolute atomic E-state index is 12.5. The summed E-state index contributed by atoms with van der Waals surface area (Å²) in [4.78, 5) is 2.58. The van der Waals surface area contributed by atoms with E-state index in [-0.39, 0.29) is 0 Å². The second-order valence-corrected chi connectivity index (χ2v) is 7.53. The van der Waals surface area contributed by atoms with E-state index in [4.69, 9.17) is 0 Å². The average molecular weight is 330 g/mol. The summed E-state index contributed by atoms with van der Waals surface area (Å²) in [5.74, 6) is 0. The Labute approximate surface area is 138 Å². The van der Waals surface area contributed by atoms with E-state index in [1.165, 1.54) is 12.8 Å². The first-order valence-corrected chi connectivity index (χ1v) is 9.53. The zero-order valence-electron chi connectivity index (χ0n) is 13.3. The number of sulfonamides is 1. The van der Waals surface area contributed by atoms with Gasteiger partial charge in [-0.1, -0.05) is 25.1 Å². The van der Waals surface area contributed by atoms with Gasteiger partial charge in [-0.2, -0.15) is 0 Å². The van der Waals surface area contributed by atoms with Gasteiger partial charge in [0.25, 0.3) is 10.0 Å². The Morgan fingerprint density at radius 2 is 1.74 bits per heavy atom. The minimum Gasteiger partial charge on any atom is -0.371 e. The number of aryl methyl sites for hydroxylation is 1. The van der Waals surface area contributed by atoms with Gasteiger partial charge in [0.15, 0.2) is 0 Å². The molecule has 1 N–H and O–H groups in total. The minimum atomic E-state index is -3.55. The summed E-state index contributed by atoms with van der Waals surface area (Å²) in [5.41, 5.74) is 2.80. The molecule has 1 heterocycles. The standard InChI is InChI=1S/C18H22N2O2S/c1-2-15-8-10-18(11-9-15)23(21,22)19-16-6-5-7-17(14-16)20-12-3-4-13-20/h5-11,14,19H,2-4,12-13H2,1H3. The third-order valence-electron chi connectivity index (χ3n) is 4.21. The summed E-state index contributed by atoms with van der Waals surface area (Å²) in [5, 5.41) is 0. The zero-order chi connectivity index (χ0) is 16.3. The predicted octanol–water partition coefficient (Wildman–Crippen LogP) is 3.65. The van der Waals surface area contributed by atoms with Gasteiger partial charge in [0.05, 0.1) is 10.6 Å². The van der Waals surface area contributed by atoms with Crippen LogP contribution in [0.3, 0.4) is 0 Å². The third-order valence-corrected chi connectivity index (χ3v) is 5.61. The lowest BCUT2D eigenvalue weighted by Crippen LogP contribution is -2.18. The molecule has 1 aliphatic heterocycles. The highest BCUT2D eigenvalue weighted by Gasteiger charge is 2.16. The van der Waals surface area contributed by atoms with Crippen LogP contribution in [-0.2, 0) is 16.4 Å². The fourth-order valence-corrected chi connectivity index (χ4v) is 3.91. The Hall–Kier alpha value is -2.01. The van der Waals surface area contributed by atoms with Crippen LogP contribution in [0, 0.1) is 0 Å². The molecule has 0 atom stereocenters. The van der Waals surface area contributed by atoms with Crippen LogP contribution in [0.2, 0.25) is 0 Å². The molecular weight excluding hydrogens is 308 g/mol. The molecular formula is C18H22N2O2S. The molecule has 2 aromatic carbocycles. The van der Waals surface area contributed by atoms with Crippen LogP contribution in [0.4, 0.5) is 11.4 Å². The molecule has 0 aromatic heterocycles. The van der Waals surface area contributed by atoms with Crippen LogP contribution < -0.4 is 9.62 Å². The van der Waals surface area contributed by atoms with Crippen LogP contribution in [-0.4, -0.2) is 21.5 Å². The summed E-state index contributed by atoms with van der Waals surface area (Å²) < 4.78 is 27.7. The summed E-state index contributed by atoms with van der Waals surface area (Å²) in [6.45, 7) is 4.12. The number of nitrogens with zero attached hydrogens (tertiary/aromatic N) is 1.